The summed E-state index contributed by atoms with van der Waals surface area (Å²) in [5.74, 6) is -2.43. The molecule has 0 aromatic heterocycles. The van der Waals surface area contributed by atoms with Gasteiger partial charge in [-0.3, -0.25) is 9.59 Å². The van der Waals surface area contributed by atoms with Crippen molar-refractivity contribution in [2.75, 3.05) is 5.32 Å². The van der Waals surface area contributed by atoms with Gasteiger partial charge in [0.25, 0.3) is 11.8 Å². The summed E-state index contributed by atoms with van der Waals surface area (Å²) >= 11 is 5.99. The normalized spacial score (nSPS) is 17.6. The second-order valence-corrected chi connectivity index (χ2v) is 9.21. The molecule has 8 heteroatoms. The molecule has 1 saturated carbocycles. The Bertz CT molecular complexity index is 1220. The zero-order valence-electron chi connectivity index (χ0n) is 19.0. The fraction of sp³-hybridized carbons (Fsp3) is 0.259. The van der Waals surface area contributed by atoms with Gasteiger partial charge in [-0.1, -0.05) is 42.6 Å². The number of hydrogen-bond donors (Lipinski definition) is 2. The highest BCUT2D eigenvalue weighted by atomic mass is 35.5. The molecule has 2 atom stereocenters. The first-order valence-electron chi connectivity index (χ1n) is 11.5. The van der Waals surface area contributed by atoms with E-state index in [4.69, 9.17) is 17.3 Å². The third kappa shape index (κ3) is 6.24. The monoisotopic (exact) mass is 497 g/mol. The SMILES string of the molecule is NC1CCCCC1N(Cc1cccc(NC(=O)c2cccc(Cl)c2)c1)C(=O)c1cc(F)cc(F)c1. The third-order valence-electron chi connectivity index (χ3n) is 6.18. The van der Waals surface area contributed by atoms with Gasteiger partial charge in [0, 0.05) is 46.5 Å². The summed E-state index contributed by atoms with van der Waals surface area (Å²) in [6.45, 7) is 0.177. The van der Waals surface area contributed by atoms with Crippen LogP contribution in [0.25, 0.3) is 0 Å². The van der Waals surface area contributed by atoms with Crippen molar-refractivity contribution in [2.45, 2.75) is 44.3 Å². The van der Waals surface area contributed by atoms with Gasteiger partial charge < -0.3 is 16.0 Å². The van der Waals surface area contributed by atoms with E-state index >= 15 is 0 Å². The summed E-state index contributed by atoms with van der Waals surface area (Å²) in [5.41, 5.74) is 8.02. The molecule has 0 aliphatic heterocycles. The first-order valence-corrected chi connectivity index (χ1v) is 11.9. The van der Waals surface area contributed by atoms with Crippen molar-refractivity contribution >= 4 is 29.1 Å². The second-order valence-electron chi connectivity index (χ2n) is 8.77. The minimum atomic E-state index is -0.813. The van der Waals surface area contributed by atoms with E-state index in [1.807, 2.05) is 6.07 Å². The van der Waals surface area contributed by atoms with Gasteiger partial charge in [0.2, 0.25) is 0 Å². The summed E-state index contributed by atoms with van der Waals surface area (Å²) < 4.78 is 27.7. The molecule has 182 valence electrons. The number of nitrogens with zero attached hydrogens (tertiary/aromatic N) is 1. The van der Waals surface area contributed by atoms with Crippen LogP contribution in [0.3, 0.4) is 0 Å². The topological polar surface area (TPSA) is 75.4 Å². The Balaban J connectivity index is 1.59. The Morgan fingerprint density at radius 3 is 2.37 bits per heavy atom. The van der Waals surface area contributed by atoms with E-state index in [1.165, 1.54) is 0 Å². The highest BCUT2D eigenvalue weighted by Gasteiger charge is 2.32. The Kier molecular flexibility index (Phi) is 7.78. The molecule has 35 heavy (non-hydrogen) atoms. The molecule has 0 heterocycles. The lowest BCUT2D eigenvalue weighted by Gasteiger charge is -2.38. The van der Waals surface area contributed by atoms with E-state index in [9.17, 15) is 18.4 Å². The van der Waals surface area contributed by atoms with Crippen LogP contribution < -0.4 is 11.1 Å². The van der Waals surface area contributed by atoms with Gasteiger partial charge in [-0.25, -0.2) is 8.78 Å². The Morgan fingerprint density at radius 2 is 1.66 bits per heavy atom. The summed E-state index contributed by atoms with van der Waals surface area (Å²) in [7, 11) is 0. The van der Waals surface area contributed by atoms with E-state index in [-0.39, 0.29) is 30.1 Å². The van der Waals surface area contributed by atoms with Gasteiger partial charge in [0.05, 0.1) is 0 Å². The summed E-state index contributed by atoms with van der Waals surface area (Å²) in [5, 5.41) is 3.29. The van der Waals surface area contributed by atoms with Crippen LogP contribution in [0.15, 0.2) is 66.7 Å². The molecular weight excluding hydrogens is 472 g/mol. The van der Waals surface area contributed by atoms with Crippen molar-refractivity contribution in [1.29, 1.82) is 0 Å². The largest absolute Gasteiger partial charge is 0.330 e. The Morgan fingerprint density at radius 1 is 0.943 bits per heavy atom. The number of benzene rings is 3. The van der Waals surface area contributed by atoms with Crippen LogP contribution in [0.5, 0.6) is 0 Å². The number of rotatable bonds is 6. The predicted molar refractivity (Wildman–Crippen MR) is 132 cm³/mol. The lowest BCUT2D eigenvalue weighted by atomic mass is 9.89. The van der Waals surface area contributed by atoms with Gasteiger partial charge in [-0.15, -0.1) is 0 Å². The quantitative estimate of drug-likeness (QED) is 0.453. The van der Waals surface area contributed by atoms with Gasteiger partial charge in [-0.05, 0) is 60.9 Å². The van der Waals surface area contributed by atoms with Crippen LogP contribution in [-0.2, 0) is 6.54 Å². The molecule has 5 nitrogen and oxygen atoms in total. The molecular formula is C27H26ClF2N3O2. The fourth-order valence-electron chi connectivity index (χ4n) is 4.49. The standard InChI is InChI=1S/C27H26ClF2N3O2/c28-20-7-4-6-18(12-20)26(34)32-23-8-3-5-17(11-23)16-33(25-10-2-1-9-24(25)31)27(35)19-13-21(29)15-22(30)14-19/h3-8,11-15,24-25H,1-2,9-10,16,31H2,(H,32,34). The van der Waals surface area contributed by atoms with Crippen molar-refractivity contribution in [3.05, 3.63) is 100 Å². The maximum atomic E-state index is 13.9. The number of halogens is 3. The van der Waals surface area contributed by atoms with Crippen LogP contribution in [0.1, 0.15) is 52.0 Å². The number of nitrogens with one attached hydrogen (secondary N) is 1. The Hall–Kier alpha value is -3.29. The summed E-state index contributed by atoms with van der Waals surface area (Å²) in [4.78, 5) is 27.7. The highest BCUT2D eigenvalue weighted by Crippen LogP contribution is 2.26. The molecule has 2 unspecified atom stereocenters. The molecule has 2 amide bonds. The van der Waals surface area contributed by atoms with Crippen LogP contribution in [-0.4, -0.2) is 28.8 Å². The average Bonchev–Trinajstić information content (AvgIpc) is 2.82. The fourth-order valence-corrected chi connectivity index (χ4v) is 4.68. The molecule has 0 bridgehead atoms. The van der Waals surface area contributed by atoms with Crippen molar-refractivity contribution < 1.29 is 18.4 Å². The van der Waals surface area contributed by atoms with E-state index < -0.39 is 17.5 Å². The lowest BCUT2D eigenvalue weighted by Crippen LogP contribution is -2.51. The minimum Gasteiger partial charge on any atom is -0.330 e. The van der Waals surface area contributed by atoms with E-state index in [1.54, 1.807) is 47.4 Å². The van der Waals surface area contributed by atoms with Crippen LogP contribution >= 0.6 is 11.6 Å². The smallest absolute Gasteiger partial charge is 0.255 e. The molecule has 0 saturated heterocycles. The molecule has 0 spiro atoms. The van der Waals surface area contributed by atoms with Crippen LogP contribution in [0.4, 0.5) is 14.5 Å². The first kappa shape index (κ1) is 24.8. The molecule has 0 radical (unpaired) electrons. The maximum Gasteiger partial charge on any atom is 0.255 e. The van der Waals surface area contributed by atoms with Crippen LogP contribution in [0, 0.1) is 11.6 Å². The second kappa shape index (κ2) is 11.0. The summed E-state index contributed by atoms with van der Waals surface area (Å²) in [6.07, 6.45) is 3.35. The predicted octanol–water partition coefficient (Wildman–Crippen LogP) is 5.78. The van der Waals surface area contributed by atoms with Crippen molar-refractivity contribution in [3.8, 4) is 0 Å². The molecule has 1 fully saturated rings. The van der Waals surface area contributed by atoms with Gasteiger partial charge >= 0.3 is 0 Å². The molecule has 1 aliphatic carbocycles. The zero-order chi connectivity index (χ0) is 24.9. The zero-order valence-corrected chi connectivity index (χ0v) is 19.8. The maximum absolute atomic E-state index is 13.9. The molecule has 1 aliphatic rings. The minimum absolute atomic E-state index is 0.0642. The molecule has 3 aromatic rings. The van der Waals surface area contributed by atoms with Crippen molar-refractivity contribution in [2.24, 2.45) is 5.73 Å². The first-order chi connectivity index (χ1) is 16.8. The lowest BCUT2D eigenvalue weighted by molar-refractivity contribution is 0.0582. The Labute approximate surface area is 207 Å². The number of nitrogens with two attached hydrogens (primary N) is 1. The average molecular weight is 498 g/mol. The van der Waals surface area contributed by atoms with E-state index in [0.717, 1.165) is 43.0 Å². The summed E-state index contributed by atoms with van der Waals surface area (Å²) in [6, 6.07) is 16.0. The molecule has 3 aromatic carbocycles. The number of amides is 2. The van der Waals surface area contributed by atoms with E-state index in [2.05, 4.69) is 5.32 Å². The number of carbonyl (C=O) groups is 2. The van der Waals surface area contributed by atoms with Crippen molar-refractivity contribution in [3.63, 3.8) is 0 Å². The molecule has 4 rings (SSSR count). The number of carbonyl (C=O) groups excluding carboxylic acids is 2. The van der Waals surface area contributed by atoms with E-state index in [0.29, 0.717) is 22.7 Å². The number of hydrogen-bond acceptors (Lipinski definition) is 3. The highest BCUT2D eigenvalue weighted by molar-refractivity contribution is 6.31. The number of anilines is 1. The van der Waals surface area contributed by atoms with Gasteiger partial charge in [0.15, 0.2) is 0 Å². The van der Waals surface area contributed by atoms with Crippen LogP contribution in [0.2, 0.25) is 5.02 Å². The van der Waals surface area contributed by atoms with Gasteiger partial charge in [0.1, 0.15) is 11.6 Å². The van der Waals surface area contributed by atoms with Crippen molar-refractivity contribution in [1.82, 2.24) is 4.90 Å². The third-order valence-corrected chi connectivity index (χ3v) is 6.41. The molecule has 3 N–H and O–H groups in total. The van der Waals surface area contributed by atoms with Gasteiger partial charge in [-0.2, -0.15) is 0 Å².